The van der Waals surface area contributed by atoms with Crippen LogP contribution < -0.4 is 10.1 Å². The summed E-state index contributed by atoms with van der Waals surface area (Å²) in [7, 11) is 0. The first-order chi connectivity index (χ1) is 14.9. The van der Waals surface area contributed by atoms with Crippen LogP contribution in [0, 0.1) is 20.8 Å². The molecule has 4 aromatic rings. The average Bonchev–Trinajstić information content (AvgIpc) is 3.48. The smallest absolute Gasteiger partial charge is 0.267 e. The molecule has 0 unspecified atom stereocenters. The van der Waals surface area contributed by atoms with E-state index in [2.05, 4.69) is 21.5 Å². The van der Waals surface area contributed by atoms with Crippen LogP contribution in [-0.2, 0) is 13.2 Å². The third-order valence-electron chi connectivity index (χ3n) is 4.89. The second kappa shape index (κ2) is 9.03. The quantitative estimate of drug-likeness (QED) is 0.382. The van der Waals surface area contributed by atoms with Crippen molar-refractivity contribution >= 4 is 33.7 Å². The summed E-state index contributed by atoms with van der Waals surface area (Å²) in [4.78, 5) is 17.9. The Morgan fingerprint density at radius 2 is 2.00 bits per heavy atom. The van der Waals surface area contributed by atoms with Crippen molar-refractivity contribution in [2.45, 2.75) is 40.8 Å². The van der Waals surface area contributed by atoms with E-state index in [1.54, 1.807) is 0 Å². The Bertz CT molecular complexity index is 1220. The highest BCUT2D eigenvalue weighted by molar-refractivity contribution is 7.14. The van der Waals surface area contributed by atoms with E-state index in [1.807, 2.05) is 67.5 Å². The maximum Gasteiger partial charge on any atom is 0.267 e. The Labute approximate surface area is 189 Å². The van der Waals surface area contributed by atoms with Crippen molar-refractivity contribution in [1.82, 2.24) is 14.8 Å². The minimum atomic E-state index is -0.162. The first-order valence-electron chi connectivity index (χ1n) is 10.0. The summed E-state index contributed by atoms with van der Waals surface area (Å²) < 4.78 is 7.83. The van der Waals surface area contributed by atoms with Gasteiger partial charge in [0.2, 0.25) is 0 Å². The lowest BCUT2D eigenvalue weighted by atomic mass is 10.1. The number of aryl methyl sites for hydroxylation is 4. The van der Waals surface area contributed by atoms with Gasteiger partial charge in [-0.3, -0.25) is 14.8 Å². The third-order valence-corrected chi connectivity index (χ3v) is 6.62. The predicted octanol–water partition coefficient (Wildman–Crippen LogP) is 5.84. The summed E-state index contributed by atoms with van der Waals surface area (Å²) in [5.74, 6) is 0.707. The van der Waals surface area contributed by atoms with Gasteiger partial charge in [-0.25, -0.2) is 4.98 Å². The van der Waals surface area contributed by atoms with E-state index in [9.17, 15) is 4.79 Å². The molecule has 0 radical (unpaired) electrons. The average molecular weight is 453 g/mol. The molecular formula is C23H24N4O2S2. The Balaban J connectivity index is 1.39. The van der Waals surface area contributed by atoms with Crippen molar-refractivity contribution in [2.75, 3.05) is 5.32 Å². The molecule has 160 valence electrons. The van der Waals surface area contributed by atoms with Crippen LogP contribution in [-0.4, -0.2) is 20.7 Å². The molecule has 6 nitrogen and oxygen atoms in total. The molecule has 0 aliphatic carbocycles. The molecule has 8 heteroatoms. The third kappa shape index (κ3) is 4.86. The van der Waals surface area contributed by atoms with Gasteiger partial charge in [-0.05, 0) is 56.3 Å². The summed E-state index contributed by atoms with van der Waals surface area (Å²) in [5, 5.41) is 11.8. The molecule has 0 aliphatic rings. The number of amides is 1. The van der Waals surface area contributed by atoms with Crippen molar-refractivity contribution in [3.63, 3.8) is 0 Å². The zero-order chi connectivity index (χ0) is 22.0. The SMILES string of the molecule is CCn1cc(-c2csc(NC(=O)c3cc(COc4cc(C)ccc4C)cs3)n2)c(C)n1. The fourth-order valence-corrected chi connectivity index (χ4v) is 4.64. The molecule has 0 spiro atoms. The van der Waals surface area contributed by atoms with Gasteiger partial charge < -0.3 is 4.74 Å². The first kappa shape index (κ1) is 21.3. The van der Waals surface area contributed by atoms with Crippen LogP contribution in [0.3, 0.4) is 0 Å². The zero-order valence-corrected chi connectivity index (χ0v) is 19.6. The van der Waals surface area contributed by atoms with E-state index in [4.69, 9.17) is 4.74 Å². The van der Waals surface area contributed by atoms with Gasteiger partial charge in [0.25, 0.3) is 5.91 Å². The number of aromatic nitrogens is 3. The van der Waals surface area contributed by atoms with Crippen LogP contribution in [0.1, 0.15) is 39.0 Å². The zero-order valence-electron chi connectivity index (χ0n) is 17.9. The number of hydrogen-bond donors (Lipinski definition) is 1. The molecule has 4 rings (SSSR count). The Hall–Kier alpha value is -2.97. The number of thiazole rings is 1. The first-order valence-corrected chi connectivity index (χ1v) is 11.8. The van der Waals surface area contributed by atoms with Crippen LogP contribution in [0.25, 0.3) is 11.3 Å². The lowest BCUT2D eigenvalue weighted by Crippen LogP contribution is -2.09. The van der Waals surface area contributed by atoms with E-state index in [1.165, 1.54) is 22.7 Å². The Morgan fingerprint density at radius 3 is 2.77 bits per heavy atom. The number of hydrogen-bond acceptors (Lipinski definition) is 6. The maximum absolute atomic E-state index is 12.7. The van der Waals surface area contributed by atoms with Gasteiger partial charge >= 0.3 is 0 Å². The van der Waals surface area contributed by atoms with E-state index < -0.39 is 0 Å². The molecule has 0 bridgehead atoms. The highest BCUT2D eigenvalue weighted by Crippen LogP contribution is 2.28. The molecule has 1 amide bonds. The molecule has 3 aromatic heterocycles. The number of rotatable bonds is 7. The van der Waals surface area contributed by atoms with Gasteiger partial charge in [-0.2, -0.15) is 5.10 Å². The number of thiophene rings is 1. The fraction of sp³-hybridized carbons (Fsp3) is 0.261. The maximum atomic E-state index is 12.7. The molecule has 1 aromatic carbocycles. The van der Waals surface area contributed by atoms with E-state index >= 15 is 0 Å². The summed E-state index contributed by atoms with van der Waals surface area (Å²) in [5.41, 5.74) is 5.96. The lowest BCUT2D eigenvalue weighted by molar-refractivity contribution is 0.103. The number of nitrogens with zero attached hydrogens (tertiary/aromatic N) is 3. The molecule has 0 fully saturated rings. The van der Waals surface area contributed by atoms with E-state index in [0.717, 1.165) is 45.9 Å². The van der Waals surface area contributed by atoms with Crippen molar-refractivity contribution < 1.29 is 9.53 Å². The van der Waals surface area contributed by atoms with Crippen LogP contribution in [0.2, 0.25) is 0 Å². The molecule has 1 N–H and O–H groups in total. The minimum Gasteiger partial charge on any atom is -0.489 e. The summed E-state index contributed by atoms with van der Waals surface area (Å²) >= 11 is 2.81. The lowest BCUT2D eigenvalue weighted by Gasteiger charge is -2.08. The van der Waals surface area contributed by atoms with E-state index in [0.29, 0.717) is 16.6 Å². The van der Waals surface area contributed by atoms with Gasteiger partial charge in [0.15, 0.2) is 5.13 Å². The summed E-state index contributed by atoms with van der Waals surface area (Å²) in [6.07, 6.45) is 1.98. The molecule has 0 aliphatic heterocycles. The normalized spacial score (nSPS) is 11.0. The van der Waals surface area contributed by atoms with Gasteiger partial charge in [0.05, 0.1) is 16.3 Å². The van der Waals surface area contributed by atoms with Crippen molar-refractivity contribution in [1.29, 1.82) is 0 Å². The highest BCUT2D eigenvalue weighted by atomic mass is 32.1. The van der Waals surface area contributed by atoms with E-state index in [-0.39, 0.29) is 5.91 Å². The van der Waals surface area contributed by atoms with Crippen LogP contribution in [0.15, 0.2) is 41.2 Å². The number of carbonyl (C=O) groups excluding carboxylic acids is 1. The number of nitrogens with one attached hydrogen (secondary N) is 1. The summed E-state index contributed by atoms with van der Waals surface area (Å²) in [6.45, 7) is 9.31. The Kier molecular flexibility index (Phi) is 6.20. The second-order valence-corrected chi connectivity index (χ2v) is 9.12. The largest absolute Gasteiger partial charge is 0.489 e. The Morgan fingerprint density at radius 1 is 1.16 bits per heavy atom. The summed E-state index contributed by atoms with van der Waals surface area (Å²) in [6, 6.07) is 8.01. The van der Waals surface area contributed by atoms with Crippen LogP contribution in [0.4, 0.5) is 5.13 Å². The molecule has 31 heavy (non-hydrogen) atoms. The molecule has 0 saturated heterocycles. The monoisotopic (exact) mass is 452 g/mol. The molecule has 3 heterocycles. The number of carbonyl (C=O) groups is 1. The fourth-order valence-electron chi connectivity index (χ4n) is 3.14. The van der Waals surface area contributed by atoms with Crippen molar-refractivity contribution in [2.24, 2.45) is 0 Å². The standard InChI is InChI=1S/C23H24N4O2S2/c1-5-27-10-18(16(4)26-27)19-13-31-23(24-19)25-22(28)21-9-17(12-30-21)11-29-20-8-14(2)6-7-15(20)3/h6-10,12-13H,5,11H2,1-4H3,(H,24,25,28). The molecule has 0 atom stereocenters. The van der Waals surface area contributed by atoms with Gasteiger partial charge in [-0.1, -0.05) is 12.1 Å². The van der Waals surface area contributed by atoms with Crippen molar-refractivity contribution in [3.8, 4) is 17.0 Å². The molecule has 0 saturated carbocycles. The topological polar surface area (TPSA) is 69.0 Å². The van der Waals surface area contributed by atoms with Gasteiger partial charge in [0, 0.05) is 29.2 Å². The number of anilines is 1. The molecular weight excluding hydrogens is 428 g/mol. The minimum absolute atomic E-state index is 0.162. The van der Waals surface area contributed by atoms with Gasteiger partial charge in [0.1, 0.15) is 12.4 Å². The van der Waals surface area contributed by atoms with Crippen molar-refractivity contribution in [3.05, 3.63) is 68.5 Å². The number of ether oxygens (including phenoxy) is 1. The predicted molar refractivity (Wildman–Crippen MR) is 126 cm³/mol. The number of benzene rings is 1. The van der Waals surface area contributed by atoms with Crippen LogP contribution >= 0.6 is 22.7 Å². The van der Waals surface area contributed by atoms with Crippen LogP contribution in [0.5, 0.6) is 5.75 Å². The second-order valence-electron chi connectivity index (χ2n) is 7.35. The highest BCUT2D eigenvalue weighted by Gasteiger charge is 2.15. The van der Waals surface area contributed by atoms with Gasteiger partial charge in [-0.15, -0.1) is 22.7 Å².